The second-order valence-corrected chi connectivity index (χ2v) is 7.87. The number of hydrogen-bond donors (Lipinski definition) is 1. The Hall–Kier alpha value is -2.97. The molecule has 0 aromatic heterocycles. The fraction of sp³-hybridized carbons (Fsp3) is 0.190. The highest BCUT2D eigenvalue weighted by Gasteiger charge is 2.38. The molecule has 4 rings (SSSR count). The van der Waals surface area contributed by atoms with Crippen molar-refractivity contribution in [1.82, 2.24) is 10.3 Å². The number of carbonyl (C=O) groups excluding carboxylic acids is 2. The standard InChI is InChI=1S/C21H19ClN4O3S/c1-2-29-17-8-6-16(7-9-17)25-10-11-26-19(20(25)28)23-24-21(26)30-13-18(27)14-4-3-5-15(22)12-14/h3-12,19,23H,2,13H2,1H3. The van der Waals surface area contributed by atoms with E-state index in [9.17, 15) is 9.59 Å². The average molecular weight is 443 g/mol. The minimum Gasteiger partial charge on any atom is -0.494 e. The number of amidine groups is 1. The van der Waals surface area contributed by atoms with Gasteiger partial charge < -0.3 is 4.74 Å². The molecule has 0 bridgehead atoms. The number of benzene rings is 2. The Bertz CT molecular complexity index is 1030. The monoisotopic (exact) mass is 442 g/mol. The zero-order chi connectivity index (χ0) is 21.1. The predicted octanol–water partition coefficient (Wildman–Crippen LogP) is 3.67. The summed E-state index contributed by atoms with van der Waals surface area (Å²) in [5.41, 5.74) is 4.14. The van der Waals surface area contributed by atoms with E-state index in [4.69, 9.17) is 16.3 Å². The predicted molar refractivity (Wildman–Crippen MR) is 119 cm³/mol. The molecule has 1 unspecified atom stereocenters. The van der Waals surface area contributed by atoms with Crippen LogP contribution in [0.4, 0.5) is 5.69 Å². The first-order valence-corrected chi connectivity index (χ1v) is 10.7. The van der Waals surface area contributed by atoms with Gasteiger partial charge in [-0.2, -0.15) is 5.10 Å². The highest BCUT2D eigenvalue weighted by atomic mass is 35.5. The van der Waals surface area contributed by atoms with Crippen LogP contribution in [0.5, 0.6) is 5.75 Å². The lowest BCUT2D eigenvalue weighted by Crippen LogP contribution is -2.52. The molecule has 2 aliphatic heterocycles. The zero-order valence-corrected chi connectivity index (χ0v) is 17.7. The van der Waals surface area contributed by atoms with Gasteiger partial charge in [-0.05, 0) is 43.3 Å². The van der Waals surface area contributed by atoms with Gasteiger partial charge >= 0.3 is 0 Å². The number of Topliss-reactive ketones (excluding diaryl/α,β-unsaturated/α-hetero) is 1. The summed E-state index contributed by atoms with van der Waals surface area (Å²) in [5.74, 6) is 0.718. The smallest absolute Gasteiger partial charge is 0.276 e. The summed E-state index contributed by atoms with van der Waals surface area (Å²) < 4.78 is 5.45. The Labute approximate surface area is 183 Å². The van der Waals surface area contributed by atoms with Crippen LogP contribution < -0.4 is 15.1 Å². The van der Waals surface area contributed by atoms with Gasteiger partial charge in [-0.3, -0.25) is 24.8 Å². The number of rotatable bonds is 6. The summed E-state index contributed by atoms with van der Waals surface area (Å²) in [6, 6.07) is 14.2. The number of thioether (sulfide) groups is 1. The molecule has 1 amide bonds. The first kappa shape index (κ1) is 20.3. The van der Waals surface area contributed by atoms with Crippen molar-refractivity contribution in [1.29, 1.82) is 0 Å². The third-order valence-corrected chi connectivity index (χ3v) is 5.74. The van der Waals surface area contributed by atoms with Crippen LogP contribution in [0.1, 0.15) is 17.3 Å². The summed E-state index contributed by atoms with van der Waals surface area (Å²) in [7, 11) is 0. The van der Waals surface area contributed by atoms with Crippen molar-refractivity contribution < 1.29 is 14.3 Å². The molecule has 0 spiro atoms. The largest absolute Gasteiger partial charge is 0.494 e. The van der Waals surface area contributed by atoms with E-state index >= 15 is 0 Å². The average Bonchev–Trinajstić information content (AvgIpc) is 3.17. The van der Waals surface area contributed by atoms with Gasteiger partial charge in [-0.25, -0.2) is 0 Å². The van der Waals surface area contributed by atoms with E-state index in [2.05, 4.69) is 10.5 Å². The summed E-state index contributed by atoms with van der Waals surface area (Å²) in [4.78, 5) is 28.6. The molecule has 2 aromatic carbocycles. The van der Waals surface area contributed by atoms with Crippen molar-refractivity contribution >= 4 is 45.9 Å². The van der Waals surface area contributed by atoms with E-state index in [-0.39, 0.29) is 17.4 Å². The molecule has 0 fully saturated rings. The Kier molecular flexibility index (Phi) is 5.96. The number of halogens is 1. The van der Waals surface area contributed by atoms with E-state index < -0.39 is 6.17 Å². The molecule has 0 radical (unpaired) electrons. The van der Waals surface area contributed by atoms with Gasteiger partial charge in [0.25, 0.3) is 5.91 Å². The Morgan fingerprint density at radius 3 is 2.77 bits per heavy atom. The van der Waals surface area contributed by atoms with Gasteiger partial charge in [0, 0.05) is 28.7 Å². The van der Waals surface area contributed by atoms with Gasteiger partial charge in [-0.1, -0.05) is 35.5 Å². The fourth-order valence-corrected chi connectivity index (χ4v) is 4.13. The molecule has 1 atom stereocenters. The molecule has 2 heterocycles. The normalized spacial score (nSPS) is 17.5. The maximum absolute atomic E-state index is 12.9. The van der Waals surface area contributed by atoms with Crippen LogP contribution in [0.25, 0.3) is 0 Å². The van der Waals surface area contributed by atoms with E-state index in [1.54, 1.807) is 46.5 Å². The van der Waals surface area contributed by atoms with Crippen LogP contribution in [-0.2, 0) is 4.79 Å². The lowest BCUT2D eigenvalue weighted by atomic mass is 10.1. The highest BCUT2D eigenvalue weighted by Crippen LogP contribution is 2.27. The number of hydrazone groups is 1. The van der Waals surface area contributed by atoms with E-state index in [1.165, 1.54) is 11.8 Å². The summed E-state index contributed by atoms with van der Waals surface area (Å²) in [6.45, 7) is 2.50. The maximum atomic E-state index is 12.9. The first-order chi connectivity index (χ1) is 14.6. The Morgan fingerprint density at radius 2 is 2.03 bits per heavy atom. The number of ketones is 1. The van der Waals surface area contributed by atoms with Crippen molar-refractivity contribution in [3.8, 4) is 5.75 Å². The van der Waals surface area contributed by atoms with Crippen LogP contribution in [0.2, 0.25) is 5.02 Å². The number of hydrogen-bond acceptors (Lipinski definition) is 7. The number of nitrogens with one attached hydrogen (secondary N) is 1. The van der Waals surface area contributed by atoms with Crippen LogP contribution in [-0.4, -0.2) is 40.3 Å². The van der Waals surface area contributed by atoms with Crippen LogP contribution in [0.3, 0.4) is 0 Å². The minimum absolute atomic E-state index is 0.0584. The molecule has 2 aromatic rings. The SMILES string of the molecule is CCOc1ccc(N2C=CN3C(SCC(=O)c4cccc(Cl)c4)=NNC3C2=O)cc1. The first-order valence-electron chi connectivity index (χ1n) is 9.34. The van der Waals surface area contributed by atoms with Crippen molar-refractivity contribution in [2.24, 2.45) is 5.10 Å². The number of fused-ring (bicyclic) bond motifs is 1. The van der Waals surface area contributed by atoms with Gasteiger partial charge in [0.1, 0.15) is 5.75 Å². The van der Waals surface area contributed by atoms with Crippen LogP contribution >= 0.6 is 23.4 Å². The molecule has 9 heteroatoms. The molecule has 2 aliphatic rings. The molecular formula is C21H19ClN4O3S. The summed E-state index contributed by atoms with van der Waals surface area (Å²) in [6.07, 6.45) is 2.82. The van der Waals surface area contributed by atoms with Crippen molar-refractivity contribution in [3.05, 3.63) is 71.5 Å². The number of amides is 1. The second-order valence-electron chi connectivity index (χ2n) is 6.49. The fourth-order valence-electron chi connectivity index (χ4n) is 3.08. The number of nitrogens with zero attached hydrogens (tertiary/aromatic N) is 3. The lowest BCUT2D eigenvalue weighted by molar-refractivity contribution is -0.122. The molecule has 7 nitrogen and oxygen atoms in total. The third-order valence-electron chi connectivity index (χ3n) is 4.53. The van der Waals surface area contributed by atoms with Gasteiger partial charge in [0.2, 0.25) is 6.17 Å². The molecular weight excluding hydrogens is 424 g/mol. The molecule has 0 saturated carbocycles. The molecule has 154 valence electrons. The van der Waals surface area contributed by atoms with E-state index in [1.807, 2.05) is 31.2 Å². The maximum Gasteiger partial charge on any atom is 0.276 e. The van der Waals surface area contributed by atoms with Crippen LogP contribution in [0.15, 0.2) is 66.0 Å². The van der Waals surface area contributed by atoms with Crippen LogP contribution in [0, 0.1) is 0 Å². The van der Waals surface area contributed by atoms with E-state index in [0.29, 0.717) is 22.4 Å². The topological polar surface area (TPSA) is 74.2 Å². The Morgan fingerprint density at radius 1 is 1.23 bits per heavy atom. The summed E-state index contributed by atoms with van der Waals surface area (Å²) >= 11 is 7.22. The quantitative estimate of drug-likeness (QED) is 0.688. The Balaban J connectivity index is 1.41. The van der Waals surface area contributed by atoms with Crippen molar-refractivity contribution in [2.75, 3.05) is 17.3 Å². The summed E-state index contributed by atoms with van der Waals surface area (Å²) in [5, 5.41) is 5.32. The number of ether oxygens (including phenoxy) is 1. The van der Waals surface area contributed by atoms with Gasteiger partial charge in [-0.15, -0.1) is 0 Å². The van der Waals surface area contributed by atoms with Gasteiger partial charge in [0.05, 0.1) is 12.4 Å². The van der Waals surface area contributed by atoms with Crippen molar-refractivity contribution in [2.45, 2.75) is 13.1 Å². The number of carbonyl (C=O) groups is 2. The third kappa shape index (κ3) is 4.15. The van der Waals surface area contributed by atoms with Gasteiger partial charge in [0.15, 0.2) is 11.0 Å². The molecule has 0 saturated heterocycles. The molecule has 1 N–H and O–H groups in total. The number of anilines is 1. The lowest BCUT2D eigenvalue weighted by Gasteiger charge is -2.31. The zero-order valence-electron chi connectivity index (χ0n) is 16.1. The highest BCUT2D eigenvalue weighted by molar-refractivity contribution is 8.14. The van der Waals surface area contributed by atoms with Crippen molar-refractivity contribution in [3.63, 3.8) is 0 Å². The second kappa shape index (κ2) is 8.81. The molecule has 30 heavy (non-hydrogen) atoms. The van der Waals surface area contributed by atoms with E-state index in [0.717, 1.165) is 11.4 Å². The minimum atomic E-state index is -0.648. The molecule has 0 aliphatic carbocycles.